The summed E-state index contributed by atoms with van der Waals surface area (Å²) in [5.74, 6) is 0.794. The first-order valence-electron chi connectivity index (χ1n) is 4.21. The molecule has 0 saturated heterocycles. The summed E-state index contributed by atoms with van der Waals surface area (Å²) in [5, 5.41) is 0. The molecule has 0 bridgehead atoms. The number of hydrogen-bond acceptors (Lipinski definition) is 3. The molecule has 70 valence electrons. The van der Waals surface area contributed by atoms with Gasteiger partial charge in [-0.15, -0.1) is 0 Å². The minimum atomic E-state index is 0.675. The predicted molar refractivity (Wildman–Crippen MR) is 56.8 cm³/mol. The topological polar surface area (TPSA) is 38.7 Å². The summed E-state index contributed by atoms with van der Waals surface area (Å²) in [4.78, 5) is 12.5. The molecule has 0 aliphatic heterocycles. The van der Waals surface area contributed by atoms with E-state index >= 15 is 0 Å². The third-order valence-corrected chi connectivity index (χ3v) is 2.22. The SMILES string of the molecule is Brc1ccc(Cc2ncccn2)nc1. The Morgan fingerprint density at radius 1 is 1.07 bits per heavy atom. The van der Waals surface area contributed by atoms with Gasteiger partial charge in [0.2, 0.25) is 0 Å². The molecule has 3 nitrogen and oxygen atoms in total. The monoisotopic (exact) mass is 249 g/mol. The number of pyridine rings is 1. The van der Waals surface area contributed by atoms with Crippen molar-refractivity contribution in [3.05, 3.63) is 52.8 Å². The van der Waals surface area contributed by atoms with Crippen molar-refractivity contribution in [3.8, 4) is 0 Å². The van der Waals surface area contributed by atoms with Gasteiger partial charge in [0.1, 0.15) is 5.82 Å². The molecule has 2 heterocycles. The molecule has 0 aliphatic rings. The molecule has 0 N–H and O–H groups in total. The van der Waals surface area contributed by atoms with E-state index in [4.69, 9.17) is 0 Å². The first kappa shape index (κ1) is 9.27. The van der Waals surface area contributed by atoms with E-state index in [1.54, 1.807) is 24.7 Å². The van der Waals surface area contributed by atoms with E-state index in [9.17, 15) is 0 Å². The molecule has 2 aromatic rings. The molecular weight excluding hydrogens is 242 g/mol. The zero-order chi connectivity index (χ0) is 9.80. The smallest absolute Gasteiger partial charge is 0.134 e. The predicted octanol–water partition coefficient (Wildman–Crippen LogP) is 2.22. The molecule has 0 radical (unpaired) electrons. The summed E-state index contributed by atoms with van der Waals surface area (Å²) in [7, 11) is 0. The lowest BCUT2D eigenvalue weighted by Crippen LogP contribution is -1.96. The van der Waals surface area contributed by atoms with Gasteiger partial charge in [-0.3, -0.25) is 4.98 Å². The van der Waals surface area contributed by atoms with Crippen molar-refractivity contribution >= 4 is 15.9 Å². The summed E-state index contributed by atoms with van der Waals surface area (Å²) in [6, 6.07) is 5.73. The standard InChI is InChI=1S/C10H8BrN3/c11-8-2-3-9(14-7-8)6-10-12-4-1-5-13-10/h1-5,7H,6H2. The van der Waals surface area contributed by atoms with Crippen LogP contribution in [0.3, 0.4) is 0 Å². The Labute approximate surface area is 90.4 Å². The fraction of sp³-hybridized carbons (Fsp3) is 0.100. The molecule has 14 heavy (non-hydrogen) atoms. The van der Waals surface area contributed by atoms with Crippen LogP contribution in [-0.2, 0) is 6.42 Å². The minimum absolute atomic E-state index is 0.675. The van der Waals surface area contributed by atoms with Gasteiger partial charge in [0.05, 0.1) is 0 Å². The zero-order valence-corrected chi connectivity index (χ0v) is 8.98. The van der Waals surface area contributed by atoms with Crippen LogP contribution in [0.5, 0.6) is 0 Å². The van der Waals surface area contributed by atoms with Crippen molar-refractivity contribution in [2.24, 2.45) is 0 Å². The van der Waals surface area contributed by atoms with Crippen LogP contribution < -0.4 is 0 Å². The minimum Gasteiger partial charge on any atom is -0.260 e. The van der Waals surface area contributed by atoms with Crippen molar-refractivity contribution in [2.45, 2.75) is 6.42 Å². The van der Waals surface area contributed by atoms with E-state index in [1.165, 1.54) is 0 Å². The van der Waals surface area contributed by atoms with Gasteiger partial charge in [-0.2, -0.15) is 0 Å². The molecule has 0 unspecified atom stereocenters. The van der Waals surface area contributed by atoms with Crippen LogP contribution in [0.1, 0.15) is 11.5 Å². The maximum Gasteiger partial charge on any atom is 0.134 e. The number of hydrogen-bond donors (Lipinski definition) is 0. The van der Waals surface area contributed by atoms with Crippen LogP contribution in [0, 0.1) is 0 Å². The second-order valence-corrected chi connectivity index (χ2v) is 3.73. The van der Waals surface area contributed by atoms with E-state index < -0.39 is 0 Å². The van der Waals surface area contributed by atoms with Gasteiger partial charge >= 0.3 is 0 Å². The summed E-state index contributed by atoms with van der Waals surface area (Å²) in [6.07, 6.45) is 5.93. The van der Waals surface area contributed by atoms with E-state index in [2.05, 4.69) is 30.9 Å². The highest BCUT2D eigenvalue weighted by molar-refractivity contribution is 9.10. The van der Waals surface area contributed by atoms with Crippen molar-refractivity contribution in [2.75, 3.05) is 0 Å². The Bertz CT molecular complexity index is 399. The average molecular weight is 250 g/mol. The Kier molecular flexibility index (Phi) is 2.84. The molecule has 0 fully saturated rings. The Morgan fingerprint density at radius 2 is 1.86 bits per heavy atom. The molecule has 0 amide bonds. The van der Waals surface area contributed by atoms with Crippen LogP contribution in [-0.4, -0.2) is 15.0 Å². The van der Waals surface area contributed by atoms with E-state index in [0.717, 1.165) is 16.0 Å². The molecule has 0 saturated carbocycles. The number of halogens is 1. The largest absolute Gasteiger partial charge is 0.260 e. The quantitative estimate of drug-likeness (QED) is 0.820. The van der Waals surface area contributed by atoms with Crippen molar-refractivity contribution in [1.29, 1.82) is 0 Å². The molecule has 2 aromatic heterocycles. The van der Waals surface area contributed by atoms with Gasteiger partial charge in [-0.1, -0.05) is 0 Å². The third-order valence-electron chi connectivity index (χ3n) is 1.75. The molecule has 0 spiro atoms. The zero-order valence-electron chi connectivity index (χ0n) is 7.39. The van der Waals surface area contributed by atoms with E-state index in [-0.39, 0.29) is 0 Å². The number of rotatable bonds is 2. The average Bonchev–Trinajstić information content (AvgIpc) is 2.23. The van der Waals surface area contributed by atoms with Crippen LogP contribution in [0.4, 0.5) is 0 Å². The highest BCUT2D eigenvalue weighted by Gasteiger charge is 1.98. The van der Waals surface area contributed by atoms with Gasteiger partial charge in [0.15, 0.2) is 0 Å². The van der Waals surface area contributed by atoms with Crippen molar-refractivity contribution < 1.29 is 0 Å². The third kappa shape index (κ3) is 2.35. The fourth-order valence-electron chi connectivity index (χ4n) is 1.09. The lowest BCUT2D eigenvalue weighted by molar-refractivity contribution is 0.934. The molecule has 4 heteroatoms. The second-order valence-electron chi connectivity index (χ2n) is 2.81. The van der Waals surface area contributed by atoms with E-state index in [1.807, 2.05) is 12.1 Å². The van der Waals surface area contributed by atoms with E-state index in [0.29, 0.717) is 6.42 Å². The normalized spacial score (nSPS) is 10.1. The summed E-state index contributed by atoms with van der Waals surface area (Å²) in [6.45, 7) is 0. The summed E-state index contributed by atoms with van der Waals surface area (Å²) >= 11 is 3.34. The first-order valence-corrected chi connectivity index (χ1v) is 5.00. The van der Waals surface area contributed by atoms with Gasteiger partial charge < -0.3 is 0 Å². The van der Waals surface area contributed by atoms with Gasteiger partial charge in [0, 0.05) is 35.2 Å². The van der Waals surface area contributed by atoms with Gasteiger partial charge in [0.25, 0.3) is 0 Å². The van der Waals surface area contributed by atoms with Gasteiger partial charge in [-0.05, 0) is 34.1 Å². The van der Waals surface area contributed by atoms with Crippen molar-refractivity contribution in [3.63, 3.8) is 0 Å². The number of aromatic nitrogens is 3. The maximum atomic E-state index is 4.25. The molecule has 2 rings (SSSR count). The van der Waals surface area contributed by atoms with Gasteiger partial charge in [-0.25, -0.2) is 9.97 Å². The lowest BCUT2D eigenvalue weighted by atomic mass is 10.2. The Hall–Kier alpha value is -1.29. The van der Waals surface area contributed by atoms with Crippen LogP contribution in [0.15, 0.2) is 41.3 Å². The summed E-state index contributed by atoms with van der Waals surface area (Å²) in [5.41, 5.74) is 0.972. The summed E-state index contributed by atoms with van der Waals surface area (Å²) < 4.78 is 0.982. The lowest BCUT2D eigenvalue weighted by Gasteiger charge is -1.98. The van der Waals surface area contributed by atoms with Crippen molar-refractivity contribution in [1.82, 2.24) is 15.0 Å². The molecule has 0 aliphatic carbocycles. The first-order chi connectivity index (χ1) is 6.84. The Balaban J connectivity index is 2.16. The fourth-order valence-corrected chi connectivity index (χ4v) is 1.33. The second kappa shape index (κ2) is 4.28. The number of nitrogens with zero attached hydrogens (tertiary/aromatic N) is 3. The van der Waals surface area contributed by atoms with Crippen LogP contribution in [0.2, 0.25) is 0 Å². The maximum absolute atomic E-state index is 4.25. The van der Waals surface area contributed by atoms with Crippen LogP contribution >= 0.6 is 15.9 Å². The highest BCUT2D eigenvalue weighted by atomic mass is 79.9. The molecule has 0 aromatic carbocycles. The van der Waals surface area contributed by atoms with Crippen LogP contribution in [0.25, 0.3) is 0 Å². The highest BCUT2D eigenvalue weighted by Crippen LogP contribution is 2.08. The Morgan fingerprint density at radius 3 is 2.50 bits per heavy atom. The molecule has 0 atom stereocenters. The molecular formula is C10H8BrN3.